The number of rotatable bonds is 2. The fourth-order valence-electron chi connectivity index (χ4n) is 1.41. The second-order valence-corrected chi connectivity index (χ2v) is 3.24. The first-order chi connectivity index (χ1) is 5.65. The van der Waals surface area contributed by atoms with Gasteiger partial charge in [0.25, 0.3) is 0 Å². The Morgan fingerprint density at radius 3 is 2.33 bits per heavy atom. The van der Waals surface area contributed by atoms with Gasteiger partial charge < -0.3 is 5.73 Å². The van der Waals surface area contributed by atoms with Crippen molar-refractivity contribution in [2.45, 2.75) is 19.8 Å². The first kappa shape index (κ1) is 9.19. The van der Waals surface area contributed by atoms with E-state index >= 15 is 0 Å². The number of hydrogen-bond acceptors (Lipinski definition) is 3. The van der Waals surface area contributed by atoms with Gasteiger partial charge in [-0.3, -0.25) is 14.5 Å². The lowest BCUT2D eigenvalue weighted by Crippen LogP contribution is -2.45. The van der Waals surface area contributed by atoms with E-state index in [9.17, 15) is 9.59 Å². The molecule has 0 aromatic rings. The summed E-state index contributed by atoms with van der Waals surface area (Å²) in [5, 5.41) is 0. The van der Waals surface area contributed by atoms with Crippen molar-refractivity contribution < 1.29 is 9.59 Å². The van der Waals surface area contributed by atoms with Gasteiger partial charge in [-0.15, -0.1) is 0 Å². The number of piperidine rings is 1. The largest absolute Gasteiger partial charge is 0.329 e. The van der Waals surface area contributed by atoms with Gasteiger partial charge in [-0.2, -0.15) is 0 Å². The minimum absolute atomic E-state index is 0.0794. The predicted octanol–water partition coefficient (Wildman–Crippen LogP) is -0.270. The summed E-state index contributed by atoms with van der Waals surface area (Å²) in [6.07, 6.45) is 0.956. The summed E-state index contributed by atoms with van der Waals surface area (Å²) >= 11 is 0. The smallest absolute Gasteiger partial charge is 0.229 e. The Hall–Kier alpha value is -0.900. The van der Waals surface area contributed by atoms with Crippen LogP contribution in [0.1, 0.15) is 19.8 Å². The molecule has 0 atom stereocenters. The molecule has 1 fully saturated rings. The molecule has 1 aliphatic heterocycles. The first-order valence-corrected chi connectivity index (χ1v) is 4.18. The summed E-state index contributed by atoms with van der Waals surface area (Å²) in [5.74, 6) is 0.0347. The van der Waals surface area contributed by atoms with E-state index in [-0.39, 0.29) is 17.7 Å². The SMILES string of the molecule is CC1CC(=O)N(CCN)C(=O)C1. The molecule has 12 heavy (non-hydrogen) atoms. The number of nitrogens with two attached hydrogens (primary N) is 1. The van der Waals surface area contributed by atoms with E-state index in [1.54, 1.807) is 0 Å². The summed E-state index contributed by atoms with van der Waals surface area (Å²) in [6, 6.07) is 0. The second kappa shape index (κ2) is 3.67. The van der Waals surface area contributed by atoms with E-state index in [0.29, 0.717) is 25.9 Å². The molecule has 0 radical (unpaired) electrons. The van der Waals surface area contributed by atoms with Gasteiger partial charge in [-0.1, -0.05) is 6.92 Å². The van der Waals surface area contributed by atoms with E-state index < -0.39 is 0 Å². The third-order valence-corrected chi connectivity index (χ3v) is 2.00. The Labute approximate surface area is 71.7 Å². The zero-order valence-electron chi connectivity index (χ0n) is 7.25. The van der Waals surface area contributed by atoms with Crippen LogP contribution in [0, 0.1) is 5.92 Å². The topological polar surface area (TPSA) is 63.4 Å². The number of likely N-dealkylation sites (tertiary alicyclic amines) is 1. The Morgan fingerprint density at radius 1 is 1.42 bits per heavy atom. The molecule has 2 N–H and O–H groups in total. The molecule has 0 aromatic heterocycles. The van der Waals surface area contributed by atoms with Crippen LogP contribution in [-0.2, 0) is 9.59 Å². The summed E-state index contributed by atoms with van der Waals surface area (Å²) < 4.78 is 0. The van der Waals surface area contributed by atoms with Crippen molar-refractivity contribution in [2.75, 3.05) is 13.1 Å². The lowest BCUT2D eigenvalue weighted by molar-refractivity contribution is -0.149. The monoisotopic (exact) mass is 170 g/mol. The maximum absolute atomic E-state index is 11.3. The lowest BCUT2D eigenvalue weighted by Gasteiger charge is -2.27. The van der Waals surface area contributed by atoms with Crippen molar-refractivity contribution in [2.24, 2.45) is 11.7 Å². The van der Waals surface area contributed by atoms with Crippen LogP contribution in [0.2, 0.25) is 0 Å². The highest BCUT2D eigenvalue weighted by Gasteiger charge is 2.29. The molecule has 0 aromatic carbocycles. The minimum Gasteiger partial charge on any atom is -0.329 e. The maximum Gasteiger partial charge on any atom is 0.229 e. The molecule has 68 valence electrons. The van der Waals surface area contributed by atoms with Crippen molar-refractivity contribution in [3.05, 3.63) is 0 Å². The summed E-state index contributed by atoms with van der Waals surface area (Å²) in [6.45, 7) is 2.63. The molecule has 1 aliphatic rings. The highest BCUT2D eigenvalue weighted by Crippen LogP contribution is 2.17. The maximum atomic E-state index is 11.3. The Morgan fingerprint density at radius 2 is 1.92 bits per heavy atom. The Kier molecular flexibility index (Phi) is 2.81. The fourth-order valence-corrected chi connectivity index (χ4v) is 1.41. The van der Waals surface area contributed by atoms with Crippen LogP contribution in [0.25, 0.3) is 0 Å². The van der Waals surface area contributed by atoms with Crippen molar-refractivity contribution in [3.8, 4) is 0 Å². The van der Waals surface area contributed by atoms with Crippen LogP contribution in [0.3, 0.4) is 0 Å². The van der Waals surface area contributed by atoms with Crippen molar-refractivity contribution in [1.82, 2.24) is 4.90 Å². The Balaban J connectivity index is 2.61. The molecule has 1 heterocycles. The fraction of sp³-hybridized carbons (Fsp3) is 0.750. The van der Waals surface area contributed by atoms with Gasteiger partial charge in [0.1, 0.15) is 0 Å². The number of carbonyl (C=O) groups is 2. The quantitative estimate of drug-likeness (QED) is 0.580. The van der Waals surface area contributed by atoms with Gasteiger partial charge in [-0.25, -0.2) is 0 Å². The van der Waals surface area contributed by atoms with E-state index in [0.717, 1.165) is 0 Å². The van der Waals surface area contributed by atoms with E-state index in [2.05, 4.69) is 0 Å². The zero-order valence-corrected chi connectivity index (χ0v) is 7.25. The van der Waals surface area contributed by atoms with Gasteiger partial charge in [0, 0.05) is 25.9 Å². The highest BCUT2D eigenvalue weighted by atomic mass is 16.2. The van der Waals surface area contributed by atoms with Crippen LogP contribution < -0.4 is 5.73 Å². The molecular formula is C8H14N2O2. The molecular weight excluding hydrogens is 156 g/mol. The van der Waals surface area contributed by atoms with Crippen LogP contribution in [-0.4, -0.2) is 29.8 Å². The Bertz CT molecular complexity index is 185. The molecule has 0 saturated carbocycles. The van der Waals surface area contributed by atoms with Crippen LogP contribution >= 0.6 is 0 Å². The standard InChI is InChI=1S/C8H14N2O2/c1-6-4-7(11)10(3-2-9)8(12)5-6/h6H,2-5,9H2,1H3. The van der Waals surface area contributed by atoms with Crippen molar-refractivity contribution in [1.29, 1.82) is 0 Å². The summed E-state index contributed by atoms with van der Waals surface area (Å²) in [4.78, 5) is 23.8. The minimum atomic E-state index is -0.0794. The molecule has 0 unspecified atom stereocenters. The van der Waals surface area contributed by atoms with Crippen molar-refractivity contribution >= 4 is 11.8 Å². The van der Waals surface area contributed by atoms with Crippen LogP contribution in [0.5, 0.6) is 0 Å². The second-order valence-electron chi connectivity index (χ2n) is 3.24. The molecule has 4 nitrogen and oxygen atoms in total. The van der Waals surface area contributed by atoms with Crippen LogP contribution in [0.15, 0.2) is 0 Å². The summed E-state index contributed by atoms with van der Waals surface area (Å²) in [7, 11) is 0. The van der Waals surface area contributed by atoms with Gasteiger partial charge >= 0.3 is 0 Å². The normalized spacial score (nSPS) is 20.3. The lowest BCUT2D eigenvalue weighted by atomic mass is 9.98. The number of nitrogens with zero attached hydrogens (tertiary/aromatic N) is 1. The van der Waals surface area contributed by atoms with Crippen molar-refractivity contribution in [3.63, 3.8) is 0 Å². The first-order valence-electron chi connectivity index (χ1n) is 4.18. The number of hydrogen-bond donors (Lipinski definition) is 1. The molecule has 2 amide bonds. The molecule has 0 spiro atoms. The van der Waals surface area contributed by atoms with E-state index in [4.69, 9.17) is 5.73 Å². The van der Waals surface area contributed by atoms with Gasteiger partial charge in [0.05, 0.1) is 0 Å². The van der Waals surface area contributed by atoms with E-state index in [1.807, 2.05) is 6.92 Å². The third kappa shape index (κ3) is 1.82. The number of imide groups is 1. The number of amides is 2. The summed E-state index contributed by atoms with van der Waals surface area (Å²) in [5.41, 5.74) is 5.27. The van der Waals surface area contributed by atoms with Gasteiger partial charge in [0.2, 0.25) is 11.8 Å². The number of carbonyl (C=O) groups excluding carboxylic acids is 2. The van der Waals surface area contributed by atoms with Gasteiger partial charge in [0.15, 0.2) is 0 Å². The highest BCUT2D eigenvalue weighted by molar-refractivity contribution is 5.97. The molecule has 1 rings (SSSR count). The average molecular weight is 170 g/mol. The third-order valence-electron chi connectivity index (χ3n) is 2.00. The van der Waals surface area contributed by atoms with Crippen LogP contribution in [0.4, 0.5) is 0 Å². The molecule has 1 saturated heterocycles. The zero-order chi connectivity index (χ0) is 9.14. The average Bonchev–Trinajstić information content (AvgIpc) is 1.96. The predicted molar refractivity (Wildman–Crippen MR) is 44.2 cm³/mol. The van der Waals surface area contributed by atoms with Gasteiger partial charge in [-0.05, 0) is 5.92 Å². The molecule has 0 bridgehead atoms. The molecule has 0 aliphatic carbocycles. The van der Waals surface area contributed by atoms with E-state index in [1.165, 1.54) is 4.90 Å². The molecule has 4 heteroatoms.